The van der Waals surface area contributed by atoms with Crippen LogP contribution in [0.5, 0.6) is 0 Å². The van der Waals surface area contributed by atoms with Crippen molar-refractivity contribution in [3.8, 4) is 0 Å². The van der Waals surface area contributed by atoms with Gasteiger partial charge in [-0.2, -0.15) is 18.3 Å². The maximum atomic E-state index is 13.2. The van der Waals surface area contributed by atoms with Crippen LogP contribution in [0.2, 0.25) is 0 Å². The Morgan fingerprint density at radius 1 is 1.20 bits per heavy atom. The Morgan fingerprint density at radius 2 is 1.67 bits per heavy atom. The zero-order valence-electron chi connectivity index (χ0n) is 8.28. The fourth-order valence-corrected chi connectivity index (χ4v) is 1.80. The van der Waals surface area contributed by atoms with E-state index >= 15 is 0 Å². The molecule has 0 spiro atoms. The molecule has 7 heteroatoms. The number of alkyl halides is 3. The lowest BCUT2D eigenvalue weighted by Crippen LogP contribution is -2.24. The monoisotopic (exact) mass is 288 g/mol. The summed E-state index contributed by atoms with van der Waals surface area (Å²) < 4.78 is 50.8. The van der Waals surface area contributed by atoms with E-state index in [1.165, 1.54) is 0 Å². The van der Waals surface area contributed by atoms with Crippen molar-refractivity contribution < 1.29 is 17.6 Å². The molecule has 1 aromatic heterocycles. The Balaban J connectivity index is 3.38. The summed E-state index contributed by atoms with van der Waals surface area (Å²) in [6, 6.07) is 0. The smallest absolute Gasteiger partial charge is 0.250 e. The van der Waals surface area contributed by atoms with Crippen LogP contribution in [0.4, 0.5) is 17.6 Å². The van der Waals surface area contributed by atoms with E-state index in [-0.39, 0.29) is 4.60 Å². The fourth-order valence-electron chi connectivity index (χ4n) is 1.00. The SMILES string of the molecule is CC(C)(C)n1nc(C(F)(F)F)c(F)c1Br. The summed E-state index contributed by atoms with van der Waals surface area (Å²) >= 11 is 2.75. The normalized spacial score (nSPS) is 13.3. The van der Waals surface area contributed by atoms with Gasteiger partial charge in [-0.3, -0.25) is 0 Å². The lowest BCUT2D eigenvalue weighted by molar-refractivity contribution is -0.144. The summed E-state index contributed by atoms with van der Waals surface area (Å²) in [5.74, 6) is -1.38. The highest BCUT2D eigenvalue weighted by molar-refractivity contribution is 9.10. The summed E-state index contributed by atoms with van der Waals surface area (Å²) in [5, 5.41) is 3.22. The van der Waals surface area contributed by atoms with Gasteiger partial charge in [0.1, 0.15) is 4.60 Å². The highest BCUT2D eigenvalue weighted by atomic mass is 79.9. The van der Waals surface area contributed by atoms with E-state index in [1.54, 1.807) is 20.8 Å². The predicted molar refractivity (Wildman–Crippen MR) is 49.9 cm³/mol. The third-order valence-corrected chi connectivity index (χ3v) is 2.36. The van der Waals surface area contributed by atoms with E-state index < -0.39 is 23.2 Å². The van der Waals surface area contributed by atoms with Crippen molar-refractivity contribution in [3.63, 3.8) is 0 Å². The zero-order valence-corrected chi connectivity index (χ0v) is 9.87. The van der Waals surface area contributed by atoms with Gasteiger partial charge in [-0.25, -0.2) is 9.07 Å². The number of aromatic nitrogens is 2. The van der Waals surface area contributed by atoms with Crippen molar-refractivity contribution >= 4 is 15.9 Å². The van der Waals surface area contributed by atoms with Gasteiger partial charge in [0.15, 0.2) is 5.82 Å². The van der Waals surface area contributed by atoms with E-state index in [9.17, 15) is 17.6 Å². The maximum Gasteiger partial charge on any atom is 0.438 e. The van der Waals surface area contributed by atoms with Crippen molar-refractivity contribution in [3.05, 3.63) is 16.1 Å². The minimum absolute atomic E-state index is 0.290. The maximum absolute atomic E-state index is 13.2. The van der Waals surface area contributed by atoms with Crippen LogP contribution in [0, 0.1) is 5.82 Å². The number of rotatable bonds is 0. The molecule has 2 nitrogen and oxygen atoms in total. The molecule has 0 aliphatic heterocycles. The summed E-state index contributed by atoms with van der Waals surface area (Å²) in [4.78, 5) is 0. The second kappa shape index (κ2) is 3.47. The van der Waals surface area contributed by atoms with Crippen LogP contribution in [-0.2, 0) is 11.7 Å². The molecule has 86 valence electrons. The second-order valence-corrected chi connectivity index (χ2v) is 4.78. The number of hydrogen-bond acceptors (Lipinski definition) is 1. The van der Waals surface area contributed by atoms with Crippen LogP contribution >= 0.6 is 15.9 Å². The largest absolute Gasteiger partial charge is 0.438 e. The van der Waals surface area contributed by atoms with E-state index in [0.29, 0.717) is 0 Å². The molecule has 1 aromatic rings. The number of hydrogen-bond donors (Lipinski definition) is 0. The number of halogens is 5. The third-order valence-electron chi connectivity index (χ3n) is 1.68. The first-order chi connectivity index (χ1) is 6.55. The molecular formula is C8H9BrF4N2. The molecule has 0 saturated carbocycles. The van der Waals surface area contributed by atoms with E-state index in [4.69, 9.17) is 0 Å². The molecule has 0 aliphatic carbocycles. The second-order valence-electron chi connectivity index (χ2n) is 4.03. The fraction of sp³-hybridized carbons (Fsp3) is 0.625. The van der Waals surface area contributed by atoms with Gasteiger partial charge in [-0.1, -0.05) is 0 Å². The summed E-state index contributed by atoms with van der Waals surface area (Å²) in [6.45, 7) is 4.89. The Morgan fingerprint density at radius 3 is 1.87 bits per heavy atom. The van der Waals surface area contributed by atoms with Crippen molar-refractivity contribution in [2.45, 2.75) is 32.5 Å². The van der Waals surface area contributed by atoms with Gasteiger partial charge in [0.05, 0.1) is 5.54 Å². The molecule has 15 heavy (non-hydrogen) atoms. The Labute approximate surface area is 92.4 Å². The average molecular weight is 289 g/mol. The molecule has 1 heterocycles. The Hall–Kier alpha value is -0.590. The highest BCUT2D eigenvalue weighted by Crippen LogP contribution is 2.35. The van der Waals surface area contributed by atoms with Gasteiger partial charge in [0, 0.05) is 0 Å². The molecule has 0 unspecified atom stereocenters. The summed E-state index contributed by atoms with van der Waals surface area (Å²) in [7, 11) is 0. The molecular weight excluding hydrogens is 280 g/mol. The predicted octanol–water partition coefficient (Wildman–Crippen LogP) is 3.56. The van der Waals surface area contributed by atoms with Crippen LogP contribution in [-0.4, -0.2) is 9.78 Å². The molecule has 0 bridgehead atoms. The van der Waals surface area contributed by atoms with E-state index in [2.05, 4.69) is 21.0 Å². The third kappa shape index (κ3) is 2.32. The van der Waals surface area contributed by atoms with E-state index in [1.807, 2.05) is 0 Å². The van der Waals surface area contributed by atoms with Gasteiger partial charge in [0.25, 0.3) is 0 Å². The molecule has 0 aromatic carbocycles. The summed E-state index contributed by atoms with van der Waals surface area (Å²) in [5.41, 5.74) is -2.22. The van der Waals surface area contributed by atoms with Crippen molar-refractivity contribution in [2.75, 3.05) is 0 Å². The topological polar surface area (TPSA) is 17.8 Å². The minimum Gasteiger partial charge on any atom is -0.250 e. The molecule has 0 atom stereocenters. The van der Waals surface area contributed by atoms with Crippen LogP contribution in [0.1, 0.15) is 26.5 Å². The van der Waals surface area contributed by atoms with Gasteiger partial charge < -0.3 is 0 Å². The van der Waals surface area contributed by atoms with Gasteiger partial charge in [-0.05, 0) is 36.7 Å². The Kier molecular flexibility index (Phi) is 2.88. The van der Waals surface area contributed by atoms with Crippen LogP contribution in [0.25, 0.3) is 0 Å². The summed E-state index contributed by atoms with van der Waals surface area (Å²) in [6.07, 6.45) is -4.77. The molecule has 0 amide bonds. The quantitative estimate of drug-likeness (QED) is 0.668. The van der Waals surface area contributed by atoms with E-state index in [0.717, 1.165) is 4.68 Å². The van der Waals surface area contributed by atoms with Crippen LogP contribution in [0.15, 0.2) is 4.60 Å². The van der Waals surface area contributed by atoms with Crippen molar-refractivity contribution in [2.24, 2.45) is 0 Å². The van der Waals surface area contributed by atoms with Crippen LogP contribution < -0.4 is 0 Å². The van der Waals surface area contributed by atoms with Gasteiger partial charge >= 0.3 is 6.18 Å². The molecule has 0 radical (unpaired) electrons. The first-order valence-corrected chi connectivity index (χ1v) is 4.86. The first-order valence-electron chi connectivity index (χ1n) is 4.07. The Bertz CT molecular complexity index is 341. The first kappa shape index (κ1) is 12.5. The molecule has 0 aliphatic rings. The lowest BCUT2D eigenvalue weighted by atomic mass is 10.1. The number of nitrogens with zero attached hydrogens (tertiary/aromatic N) is 2. The van der Waals surface area contributed by atoms with Gasteiger partial charge in [-0.15, -0.1) is 0 Å². The van der Waals surface area contributed by atoms with Crippen molar-refractivity contribution in [1.29, 1.82) is 0 Å². The average Bonchev–Trinajstić information content (AvgIpc) is 2.26. The van der Waals surface area contributed by atoms with Gasteiger partial charge in [0.2, 0.25) is 5.69 Å². The molecule has 0 saturated heterocycles. The molecule has 1 rings (SSSR count). The highest BCUT2D eigenvalue weighted by Gasteiger charge is 2.40. The lowest BCUT2D eigenvalue weighted by Gasteiger charge is -2.20. The zero-order chi connectivity index (χ0) is 12.0. The molecule has 0 N–H and O–H groups in total. The minimum atomic E-state index is -4.77. The van der Waals surface area contributed by atoms with Crippen molar-refractivity contribution in [1.82, 2.24) is 9.78 Å². The standard InChI is InChI=1S/C8H9BrF4N2/c1-7(2,3)15-6(9)4(10)5(14-15)8(11,12)13/h1-3H3. The molecule has 0 fully saturated rings. The van der Waals surface area contributed by atoms with Crippen LogP contribution in [0.3, 0.4) is 0 Å².